The van der Waals surface area contributed by atoms with Gasteiger partial charge in [-0.15, -0.1) is 0 Å². The van der Waals surface area contributed by atoms with Gasteiger partial charge in [-0.3, -0.25) is 14.4 Å². The molecular formula is C28H31N5O. The van der Waals surface area contributed by atoms with Gasteiger partial charge >= 0.3 is 0 Å². The second-order valence-electron chi connectivity index (χ2n) is 8.88. The molecule has 4 aromatic rings. The van der Waals surface area contributed by atoms with Crippen LogP contribution in [0.3, 0.4) is 0 Å². The molecule has 1 fully saturated rings. The van der Waals surface area contributed by atoms with Crippen molar-refractivity contribution in [3.8, 4) is 16.9 Å². The van der Waals surface area contributed by atoms with E-state index in [-0.39, 0.29) is 5.56 Å². The van der Waals surface area contributed by atoms with Crippen LogP contribution < -0.4 is 10.5 Å². The van der Waals surface area contributed by atoms with E-state index in [0.717, 1.165) is 61.9 Å². The van der Waals surface area contributed by atoms with Crippen LogP contribution in [0.2, 0.25) is 0 Å². The van der Waals surface area contributed by atoms with Gasteiger partial charge in [0.25, 0.3) is 5.56 Å². The van der Waals surface area contributed by atoms with Crippen molar-refractivity contribution in [3.63, 3.8) is 0 Å². The van der Waals surface area contributed by atoms with Gasteiger partial charge in [0, 0.05) is 57.1 Å². The molecule has 0 N–H and O–H groups in total. The average Bonchev–Trinajstić information content (AvgIpc) is 3.21. The fraction of sp³-hybridized carbons (Fsp3) is 0.286. The summed E-state index contributed by atoms with van der Waals surface area (Å²) >= 11 is 0. The second-order valence-corrected chi connectivity index (χ2v) is 8.88. The second kappa shape index (κ2) is 10.1. The summed E-state index contributed by atoms with van der Waals surface area (Å²) in [6.45, 7) is 7.75. The fourth-order valence-corrected chi connectivity index (χ4v) is 4.69. The Bertz CT molecular complexity index is 1270. The molecule has 34 heavy (non-hydrogen) atoms. The summed E-state index contributed by atoms with van der Waals surface area (Å²) in [7, 11) is 0. The lowest BCUT2D eigenvalue weighted by Crippen LogP contribution is -2.47. The summed E-state index contributed by atoms with van der Waals surface area (Å²) in [4.78, 5) is 22.4. The summed E-state index contributed by atoms with van der Waals surface area (Å²) in [5, 5.41) is 0. The van der Waals surface area contributed by atoms with Crippen LogP contribution in [0.5, 0.6) is 0 Å². The Morgan fingerprint density at radius 2 is 1.53 bits per heavy atom. The SMILES string of the molecule is Cc1ccnc(N2CCN(CCCn3c(=O)cc(-c4ccccc4)n3-c3ccccc3)CC2)c1. The van der Waals surface area contributed by atoms with E-state index < -0.39 is 0 Å². The third-order valence-corrected chi connectivity index (χ3v) is 6.50. The molecule has 6 heteroatoms. The number of anilines is 1. The monoisotopic (exact) mass is 453 g/mol. The van der Waals surface area contributed by atoms with E-state index in [9.17, 15) is 4.79 Å². The maximum absolute atomic E-state index is 13.0. The predicted molar refractivity (Wildman–Crippen MR) is 138 cm³/mol. The van der Waals surface area contributed by atoms with Crippen molar-refractivity contribution in [2.75, 3.05) is 37.6 Å². The highest BCUT2D eigenvalue weighted by atomic mass is 16.1. The fourth-order valence-electron chi connectivity index (χ4n) is 4.69. The maximum atomic E-state index is 13.0. The molecule has 2 aromatic heterocycles. The number of benzene rings is 2. The molecule has 0 saturated carbocycles. The van der Waals surface area contributed by atoms with Crippen molar-refractivity contribution in [2.24, 2.45) is 0 Å². The van der Waals surface area contributed by atoms with Gasteiger partial charge in [-0.1, -0.05) is 48.5 Å². The summed E-state index contributed by atoms with van der Waals surface area (Å²) in [6, 6.07) is 26.2. The number of aromatic nitrogens is 3. The average molecular weight is 454 g/mol. The molecule has 6 nitrogen and oxygen atoms in total. The minimum Gasteiger partial charge on any atom is -0.354 e. The number of hydrogen-bond donors (Lipinski definition) is 0. The van der Waals surface area contributed by atoms with Crippen molar-refractivity contribution >= 4 is 5.82 Å². The lowest BCUT2D eigenvalue weighted by molar-refractivity contribution is 0.247. The Balaban J connectivity index is 1.27. The molecule has 3 heterocycles. The van der Waals surface area contributed by atoms with Gasteiger partial charge in [0.15, 0.2) is 0 Å². The van der Waals surface area contributed by atoms with Gasteiger partial charge in [-0.25, -0.2) is 9.67 Å². The van der Waals surface area contributed by atoms with E-state index in [1.54, 1.807) is 6.07 Å². The Labute approximate surface area is 200 Å². The first-order valence-electron chi connectivity index (χ1n) is 12.0. The molecule has 174 valence electrons. The summed E-state index contributed by atoms with van der Waals surface area (Å²) in [5.41, 5.74) is 4.26. The largest absolute Gasteiger partial charge is 0.354 e. The van der Waals surface area contributed by atoms with Gasteiger partial charge < -0.3 is 4.90 Å². The third kappa shape index (κ3) is 4.82. The normalized spacial score (nSPS) is 14.4. The standard InChI is InChI=1S/C28H31N5O/c1-23-13-14-29-27(21-23)31-19-17-30(18-20-31)15-8-16-32-28(34)22-26(24-9-4-2-5-10-24)33(32)25-11-6-3-7-12-25/h2-7,9-14,21-22H,8,15-20H2,1H3. The van der Waals surface area contributed by atoms with Gasteiger partial charge in [0.2, 0.25) is 0 Å². The summed E-state index contributed by atoms with van der Waals surface area (Å²) in [6.07, 6.45) is 2.81. The third-order valence-electron chi connectivity index (χ3n) is 6.50. The lowest BCUT2D eigenvalue weighted by atomic mass is 10.1. The first-order valence-corrected chi connectivity index (χ1v) is 12.0. The summed E-state index contributed by atoms with van der Waals surface area (Å²) in [5.74, 6) is 1.07. The Hall–Kier alpha value is -3.64. The minimum atomic E-state index is 0.0399. The highest BCUT2D eigenvalue weighted by molar-refractivity contribution is 5.61. The molecule has 5 rings (SSSR count). The number of nitrogens with zero attached hydrogens (tertiary/aromatic N) is 5. The van der Waals surface area contributed by atoms with E-state index in [0.29, 0.717) is 6.54 Å². The topological polar surface area (TPSA) is 46.3 Å². The van der Waals surface area contributed by atoms with E-state index in [4.69, 9.17) is 0 Å². The zero-order valence-electron chi connectivity index (χ0n) is 19.7. The zero-order valence-corrected chi connectivity index (χ0v) is 19.7. The number of hydrogen-bond acceptors (Lipinski definition) is 4. The molecule has 1 aliphatic heterocycles. The van der Waals surface area contributed by atoms with Crippen LogP contribution in [0.1, 0.15) is 12.0 Å². The molecule has 0 unspecified atom stereocenters. The molecule has 1 saturated heterocycles. The number of rotatable bonds is 7. The van der Waals surface area contributed by atoms with Crippen LogP contribution in [0.15, 0.2) is 89.9 Å². The molecule has 0 atom stereocenters. The van der Waals surface area contributed by atoms with Crippen LogP contribution in [0, 0.1) is 6.92 Å². The first kappa shape index (κ1) is 22.2. The van der Waals surface area contributed by atoms with Gasteiger partial charge in [-0.05, 0) is 43.2 Å². The van der Waals surface area contributed by atoms with Crippen molar-refractivity contribution in [1.29, 1.82) is 0 Å². The maximum Gasteiger partial charge on any atom is 0.267 e. The molecule has 0 bridgehead atoms. The highest BCUT2D eigenvalue weighted by Crippen LogP contribution is 2.22. The molecule has 0 spiro atoms. The predicted octanol–water partition coefficient (Wildman–Crippen LogP) is 4.22. The molecule has 0 amide bonds. The van der Waals surface area contributed by atoms with Crippen molar-refractivity contribution in [2.45, 2.75) is 19.9 Å². The van der Waals surface area contributed by atoms with E-state index in [1.807, 2.05) is 53.3 Å². The Morgan fingerprint density at radius 1 is 0.824 bits per heavy atom. The number of piperazine rings is 1. The van der Waals surface area contributed by atoms with E-state index in [2.05, 4.69) is 56.7 Å². The van der Waals surface area contributed by atoms with Crippen LogP contribution in [0.25, 0.3) is 16.9 Å². The van der Waals surface area contributed by atoms with E-state index >= 15 is 0 Å². The lowest BCUT2D eigenvalue weighted by Gasteiger charge is -2.35. The number of para-hydroxylation sites is 1. The Morgan fingerprint density at radius 3 is 2.24 bits per heavy atom. The van der Waals surface area contributed by atoms with Crippen LogP contribution in [0.4, 0.5) is 5.82 Å². The van der Waals surface area contributed by atoms with Crippen LogP contribution in [-0.2, 0) is 6.54 Å². The molecule has 1 aliphatic rings. The van der Waals surface area contributed by atoms with Crippen molar-refractivity contribution < 1.29 is 0 Å². The van der Waals surface area contributed by atoms with Crippen LogP contribution >= 0.6 is 0 Å². The van der Waals surface area contributed by atoms with Crippen molar-refractivity contribution in [3.05, 3.63) is 101 Å². The Kier molecular flexibility index (Phi) is 6.58. The van der Waals surface area contributed by atoms with E-state index in [1.165, 1.54) is 5.56 Å². The highest BCUT2D eigenvalue weighted by Gasteiger charge is 2.19. The quantitative estimate of drug-likeness (QED) is 0.420. The van der Waals surface area contributed by atoms with Crippen LogP contribution in [-0.4, -0.2) is 52.0 Å². The molecule has 0 aliphatic carbocycles. The van der Waals surface area contributed by atoms with Gasteiger partial charge in [0.05, 0.1) is 11.4 Å². The zero-order chi connectivity index (χ0) is 23.3. The number of aryl methyl sites for hydroxylation is 1. The van der Waals surface area contributed by atoms with Gasteiger partial charge in [0.1, 0.15) is 5.82 Å². The molecule has 2 aromatic carbocycles. The minimum absolute atomic E-state index is 0.0399. The summed E-state index contributed by atoms with van der Waals surface area (Å²) < 4.78 is 3.95. The van der Waals surface area contributed by atoms with Gasteiger partial charge in [-0.2, -0.15) is 0 Å². The smallest absolute Gasteiger partial charge is 0.267 e. The first-order chi connectivity index (χ1) is 16.7. The molecular weight excluding hydrogens is 422 g/mol. The number of pyridine rings is 1. The molecule has 0 radical (unpaired) electrons. The van der Waals surface area contributed by atoms with Crippen molar-refractivity contribution in [1.82, 2.24) is 19.2 Å².